The third-order valence-corrected chi connectivity index (χ3v) is 15.1. The summed E-state index contributed by atoms with van der Waals surface area (Å²) in [5.41, 5.74) is 4.22. The smallest absolute Gasteiger partial charge is 0.433 e. The fourth-order valence-corrected chi connectivity index (χ4v) is 10.8. The number of pyridine rings is 4. The normalized spacial score (nSPS) is 18.4. The largest absolute Gasteiger partial charge is 0.480 e. The number of aliphatic carboxylic acids is 1. The van der Waals surface area contributed by atoms with Gasteiger partial charge >= 0.3 is 18.3 Å². The zero-order valence-electron chi connectivity index (χ0n) is 38.2. The summed E-state index contributed by atoms with van der Waals surface area (Å²) in [7, 11) is -8.41. The molecular formula is C47H39F12N7O7S2. The molecule has 4 aromatic heterocycles. The Kier molecular flexibility index (Phi) is 17.9. The first-order chi connectivity index (χ1) is 35.1. The predicted molar refractivity (Wildman–Crippen MR) is 241 cm³/mol. The molecule has 400 valence electrons. The molecule has 0 saturated carbocycles. The number of benzene rings is 2. The van der Waals surface area contributed by atoms with Crippen LogP contribution in [0.15, 0.2) is 120 Å². The average Bonchev–Trinajstić information content (AvgIpc) is 3.98. The number of carbonyl (C=O) groups excluding carboxylic acids is 1. The lowest BCUT2D eigenvalue weighted by molar-refractivity contribution is -0.141. The standard InChI is InChI=1S/C24H19F6N3O3S.C12H9F4N3.C11H11F2NO4S/c25-15-2-5-18(6-3-15)37(35,36)33-13-16(26)9-21(33)22(34)7-4-17-10-19(20(27)12-31-17)14-1-8-23(32-11-14)24(28,29)30;13-10-6-18-8(4-17)3-9(10)7-1-2-11(19-5-7)12(14,15)16;12-7-1-3-9(4-2-7)19(17,18)14-6-8(13)5-10(14)11(15)16/h1-3,5-6,8,10-12,16,21H,4,7,9,13H2;1-3,5-6H,4,17H2;1-4,8,10H,5-6H2,(H,15,16)/t16-,21+;;8-,10+/m1.1/s1. The Morgan fingerprint density at radius 1 is 0.587 bits per heavy atom. The van der Waals surface area contributed by atoms with E-state index < -0.39 is 116 Å². The van der Waals surface area contributed by atoms with Crippen LogP contribution in [0.2, 0.25) is 0 Å². The van der Waals surface area contributed by atoms with Crippen molar-refractivity contribution in [3.05, 3.63) is 156 Å². The zero-order chi connectivity index (χ0) is 55.2. The van der Waals surface area contributed by atoms with Crippen LogP contribution in [0.1, 0.15) is 42.0 Å². The molecule has 2 aromatic carbocycles. The summed E-state index contributed by atoms with van der Waals surface area (Å²) in [6.45, 7) is -0.923. The molecule has 6 aromatic rings. The molecule has 6 heterocycles. The number of hydrogen-bond acceptors (Lipinski definition) is 11. The van der Waals surface area contributed by atoms with Crippen LogP contribution in [0.3, 0.4) is 0 Å². The van der Waals surface area contributed by atoms with Crippen molar-refractivity contribution in [1.29, 1.82) is 0 Å². The topological polar surface area (TPSA) is 207 Å². The summed E-state index contributed by atoms with van der Waals surface area (Å²) >= 11 is 0. The number of nitrogens with zero attached hydrogens (tertiary/aromatic N) is 6. The molecule has 0 aliphatic carbocycles. The summed E-state index contributed by atoms with van der Waals surface area (Å²) in [6.07, 6.45) is -9.63. The Balaban J connectivity index is 0.000000202. The van der Waals surface area contributed by atoms with Crippen LogP contribution >= 0.6 is 0 Å². The summed E-state index contributed by atoms with van der Waals surface area (Å²) in [4.78, 5) is 37.5. The molecular weight excluding hydrogens is 1070 g/mol. The highest BCUT2D eigenvalue weighted by molar-refractivity contribution is 7.89. The molecule has 0 bridgehead atoms. The molecule has 2 saturated heterocycles. The maximum atomic E-state index is 14.3. The van der Waals surface area contributed by atoms with E-state index in [2.05, 4.69) is 19.9 Å². The van der Waals surface area contributed by atoms with Gasteiger partial charge in [0, 0.05) is 79.2 Å². The van der Waals surface area contributed by atoms with Gasteiger partial charge in [0.2, 0.25) is 20.0 Å². The molecule has 0 spiro atoms. The van der Waals surface area contributed by atoms with E-state index in [0.29, 0.717) is 16.1 Å². The van der Waals surface area contributed by atoms with E-state index in [0.717, 1.165) is 95.8 Å². The van der Waals surface area contributed by atoms with Gasteiger partial charge in [-0.25, -0.2) is 43.2 Å². The molecule has 0 unspecified atom stereocenters. The minimum atomic E-state index is -4.66. The van der Waals surface area contributed by atoms with Gasteiger partial charge in [0.05, 0.1) is 33.9 Å². The van der Waals surface area contributed by atoms with Gasteiger partial charge in [0.15, 0.2) is 5.78 Å². The number of sulfonamides is 2. The summed E-state index contributed by atoms with van der Waals surface area (Å²) in [5, 5.41) is 8.92. The van der Waals surface area contributed by atoms with Crippen LogP contribution in [0.4, 0.5) is 52.7 Å². The van der Waals surface area contributed by atoms with Crippen LogP contribution in [0.5, 0.6) is 0 Å². The summed E-state index contributed by atoms with van der Waals surface area (Å²) in [5.74, 6) is -4.71. The summed E-state index contributed by atoms with van der Waals surface area (Å²) in [6, 6.07) is 11.5. The molecule has 8 rings (SSSR count). The summed E-state index contributed by atoms with van der Waals surface area (Å²) < 4.78 is 208. The first-order valence-electron chi connectivity index (χ1n) is 21.7. The number of alkyl halides is 8. The second kappa shape index (κ2) is 23.3. The van der Waals surface area contributed by atoms with Crippen molar-refractivity contribution in [1.82, 2.24) is 28.5 Å². The Labute approximate surface area is 419 Å². The van der Waals surface area contributed by atoms with Gasteiger partial charge < -0.3 is 10.8 Å². The Morgan fingerprint density at radius 2 is 0.987 bits per heavy atom. The van der Waals surface area contributed by atoms with E-state index in [1.807, 2.05) is 0 Å². The SMILES string of the molecule is NCc1cc(-c2ccc(C(F)(F)F)nc2)c(F)cn1.O=C(CCc1cc(-c2ccc(C(F)(F)F)nc2)c(F)cn1)[C@@H]1C[C@@H](F)CN1S(=O)(=O)c1ccc(F)cc1.O=C(O)[C@@H]1C[C@@H](F)CN1S(=O)(=O)c1ccc(F)cc1. The van der Waals surface area contributed by atoms with Crippen molar-refractivity contribution < 1.29 is 84.2 Å². The highest BCUT2D eigenvalue weighted by Crippen LogP contribution is 2.34. The maximum Gasteiger partial charge on any atom is 0.433 e. The zero-order valence-corrected chi connectivity index (χ0v) is 39.8. The van der Waals surface area contributed by atoms with Crippen molar-refractivity contribution in [3.8, 4) is 22.3 Å². The quantitative estimate of drug-likeness (QED) is 0.111. The van der Waals surface area contributed by atoms with E-state index in [4.69, 9.17) is 10.8 Å². The van der Waals surface area contributed by atoms with Gasteiger partial charge in [-0.1, -0.05) is 12.1 Å². The van der Waals surface area contributed by atoms with Gasteiger partial charge in [-0.15, -0.1) is 0 Å². The van der Waals surface area contributed by atoms with Crippen molar-refractivity contribution in [3.63, 3.8) is 0 Å². The molecule has 28 heteroatoms. The number of ketones is 1. The number of carboxylic acid groups (broad SMARTS) is 1. The maximum absolute atomic E-state index is 14.3. The highest BCUT2D eigenvalue weighted by Gasteiger charge is 2.45. The molecule has 2 fully saturated rings. The first-order valence-corrected chi connectivity index (χ1v) is 24.6. The number of carbonyl (C=O) groups is 2. The second-order valence-corrected chi connectivity index (χ2v) is 20.2. The van der Waals surface area contributed by atoms with E-state index in [1.54, 1.807) is 0 Å². The molecule has 14 nitrogen and oxygen atoms in total. The predicted octanol–water partition coefficient (Wildman–Crippen LogP) is 8.52. The van der Waals surface area contributed by atoms with E-state index in [9.17, 15) is 79.1 Å². The molecule has 2 aliphatic heterocycles. The van der Waals surface area contributed by atoms with Gasteiger partial charge in [0.25, 0.3) is 0 Å². The second-order valence-electron chi connectivity index (χ2n) is 16.4. The van der Waals surface area contributed by atoms with Crippen molar-refractivity contribution in [2.24, 2.45) is 5.73 Å². The van der Waals surface area contributed by atoms with Crippen LogP contribution in [-0.2, 0) is 55.0 Å². The molecule has 75 heavy (non-hydrogen) atoms. The first kappa shape index (κ1) is 57.4. The van der Waals surface area contributed by atoms with Crippen LogP contribution < -0.4 is 5.73 Å². The minimum Gasteiger partial charge on any atom is -0.480 e. The fraction of sp³-hybridized carbons (Fsp3) is 0.277. The van der Waals surface area contributed by atoms with Crippen molar-refractivity contribution in [2.45, 2.75) is 78.8 Å². The number of rotatable bonds is 12. The Bertz CT molecular complexity index is 3210. The van der Waals surface area contributed by atoms with Crippen LogP contribution in [0, 0.1) is 23.3 Å². The number of hydrogen-bond donors (Lipinski definition) is 2. The van der Waals surface area contributed by atoms with E-state index in [1.165, 1.54) is 12.1 Å². The third-order valence-electron chi connectivity index (χ3n) is 11.3. The highest BCUT2D eigenvalue weighted by atomic mass is 32.2. The number of halogens is 12. The monoisotopic (exact) mass is 1110 g/mol. The van der Waals surface area contributed by atoms with E-state index >= 15 is 0 Å². The van der Waals surface area contributed by atoms with Crippen molar-refractivity contribution in [2.75, 3.05) is 13.1 Å². The lowest BCUT2D eigenvalue weighted by Gasteiger charge is -2.22. The number of carboxylic acids is 1. The van der Waals surface area contributed by atoms with E-state index in [-0.39, 0.29) is 70.0 Å². The van der Waals surface area contributed by atoms with Gasteiger partial charge in [-0.05, 0) is 79.2 Å². The van der Waals surface area contributed by atoms with Crippen LogP contribution in [-0.4, -0.2) is 99.8 Å². The minimum absolute atomic E-state index is 0.0575. The molecule has 0 amide bonds. The molecule has 0 radical (unpaired) electrons. The molecule has 3 N–H and O–H groups in total. The average molecular weight is 1110 g/mol. The lowest BCUT2D eigenvalue weighted by atomic mass is 10.0. The number of Topliss-reactive ketones (excluding diaryl/α,β-unsaturated/α-hetero) is 1. The lowest BCUT2D eigenvalue weighted by Crippen LogP contribution is -2.40. The van der Waals surface area contributed by atoms with Crippen molar-refractivity contribution >= 4 is 31.8 Å². The number of aryl methyl sites for hydroxylation is 1. The van der Waals surface area contributed by atoms with Crippen LogP contribution in [0.25, 0.3) is 22.3 Å². The Morgan fingerprint density at radius 3 is 1.37 bits per heavy atom. The number of nitrogens with two attached hydrogens (primary N) is 1. The molecule has 2 aliphatic rings. The number of aromatic nitrogens is 4. The molecule has 4 atom stereocenters. The van der Waals surface area contributed by atoms with Gasteiger partial charge in [0.1, 0.15) is 53.0 Å². The van der Waals surface area contributed by atoms with Gasteiger partial charge in [-0.2, -0.15) is 35.0 Å². The van der Waals surface area contributed by atoms with Gasteiger partial charge in [-0.3, -0.25) is 29.5 Å². The Hall–Kier alpha value is -6.88. The fourth-order valence-electron chi connectivity index (χ4n) is 7.56. The third kappa shape index (κ3) is 14.1.